The highest BCUT2D eigenvalue weighted by Crippen LogP contribution is 2.33. The van der Waals surface area contributed by atoms with Gasteiger partial charge in [0, 0.05) is 23.1 Å². The summed E-state index contributed by atoms with van der Waals surface area (Å²) in [5, 5.41) is 2.98. The predicted octanol–water partition coefficient (Wildman–Crippen LogP) is 4.46. The number of nitrogens with zero attached hydrogens (tertiary/aromatic N) is 1. The Morgan fingerprint density at radius 1 is 1.26 bits per heavy atom. The van der Waals surface area contributed by atoms with E-state index in [9.17, 15) is 9.59 Å². The Morgan fingerprint density at radius 3 is 2.74 bits per heavy atom. The highest BCUT2D eigenvalue weighted by Gasteiger charge is 2.36. The largest absolute Gasteiger partial charge is 0.492 e. The molecule has 2 aromatic carbocycles. The Morgan fingerprint density at radius 2 is 2.00 bits per heavy atom. The maximum absolute atomic E-state index is 12.8. The fourth-order valence-electron chi connectivity index (χ4n) is 3.22. The second kappa shape index (κ2) is 8.13. The zero-order valence-electron chi connectivity index (χ0n) is 15.7. The van der Waals surface area contributed by atoms with Gasteiger partial charge in [0.1, 0.15) is 5.75 Å². The molecule has 1 heterocycles. The van der Waals surface area contributed by atoms with E-state index in [1.54, 1.807) is 4.90 Å². The smallest absolute Gasteiger partial charge is 0.229 e. The summed E-state index contributed by atoms with van der Waals surface area (Å²) in [5.74, 6) is 0.0693. The number of amides is 2. The van der Waals surface area contributed by atoms with Gasteiger partial charge < -0.3 is 15.0 Å². The zero-order valence-corrected chi connectivity index (χ0v) is 17.3. The molecule has 0 radical (unpaired) electrons. The van der Waals surface area contributed by atoms with Crippen molar-refractivity contribution in [3.8, 4) is 5.75 Å². The molecular formula is C21H23BrN2O3. The number of carbonyl (C=O) groups excluding carboxylic acids is 2. The van der Waals surface area contributed by atoms with E-state index in [1.165, 1.54) is 0 Å². The van der Waals surface area contributed by atoms with Gasteiger partial charge in [0.2, 0.25) is 11.8 Å². The average Bonchev–Trinajstić information content (AvgIpc) is 3.02. The topological polar surface area (TPSA) is 58.6 Å². The van der Waals surface area contributed by atoms with Crippen LogP contribution in [0, 0.1) is 19.8 Å². The Kier molecular flexibility index (Phi) is 5.85. The summed E-state index contributed by atoms with van der Waals surface area (Å²) >= 11 is 3.50. The third-order valence-electron chi connectivity index (χ3n) is 4.72. The van der Waals surface area contributed by atoms with Crippen LogP contribution in [-0.2, 0) is 9.59 Å². The van der Waals surface area contributed by atoms with Crippen molar-refractivity contribution in [2.45, 2.75) is 27.2 Å². The molecule has 1 fully saturated rings. The molecule has 2 aromatic rings. The summed E-state index contributed by atoms with van der Waals surface area (Å²) in [7, 11) is 0. The lowest BCUT2D eigenvalue weighted by molar-refractivity contribution is -0.122. The molecule has 0 unspecified atom stereocenters. The Hall–Kier alpha value is -2.34. The number of ether oxygens (including phenoxy) is 1. The number of halogens is 1. The summed E-state index contributed by atoms with van der Waals surface area (Å²) in [6, 6.07) is 11.4. The van der Waals surface area contributed by atoms with Crippen LogP contribution in [0.3, 0.4) is 0 Å². The van der Waals surface area contributed by atoms with Gasteiger partial charge in [-0.3, -0.25) is 9.59 Å². The Labute approximate surface area is 167 Å². The summed E-state index contributed by atoms with van der Waals surface area (Å²) in [4.78, 5) is 27.0. The molecule has 0 saturated carbocycles. The monoisotopic (exact) mass is 430 g/mol. The minimum Gasteiger partial charge on any atom is -0.492 e. The average molecular weight is 431 g/mol. The Bertz CT molecular complexity index is 882. The maximum Gasteiger partial charge on any atom is 0.229 e. The van der Waals surface area contributed by atoms with E-state index in [0.717, 1.165) is 27.0 Å². The number of anilines is 2. The highest BCUT2D eigenvalue weighted by atomic mass is 79.9. The van der Waals surface area contributed by atoms with Crippen molar-refractivity contribution in [3.05, 3.63) is 52.0 Å². The van der Waals surface area contributed by atoms with Crippen LogP contribution < -0.4 is 15.0 Å². The third-order valence-corrected chi connectivity index (χ3v) is 5.57. The molecule has 27 heavy (non-hydrogen) atoms. The number of benzene rings is 2. The van der Waals surface area contributed by atoms with Crippen molar-refractivity contribution in [3.63, 3.8) is 0 Å². The van der Waals surface area contributed by atoms with Gasteiger partial charge in [-0.2, -0.15) is 0 Å². The molecule has 0 aliphatic carbocycles. The Balaban J connectivity index is 1.76. The molecule has 1 atom stereocenters. The van der Waals surface area contributed by atoms with Gasteiger partial charge >= 0.3 is 0 Å². The molecule has 0 bridgehead atoms. The van der Waals surface area contributed by atoms with Crippen LogP contribution in [0.4, 0.5) is 11.4 Å². The third kappa shape index (κ3) is 4.16. The highest BCUT2D eigenvalue weighted by molar-refractivity contribution is 9.10. The van der Waals surface area contributed by atoms with E-state index in [0.29, 0.717) is 18.9 Å². The lowest BCUT2D eigenvalue weighted by Crippen LogP contribution is -2.28. The van der Waals surface area contributed by atoms with Gasteiger partial charge in [0.25, 0.3) is 0 Å². The van der Waals surface area contributed by atoms with Gasteiger partial charge in [0.15, 0.2) is 0 Å². The fraction of sp³-hybridized carbons (Fsp3) is 0.333. The van der Waals surface area contributed by atoms with Crippen LogP contribution in [0.2, 0.25) is 0 Å². The predicted molar refractivity (Wildman–Crippen MR) is 110 cm³/mol. The van der Waals surface area contributed by atoms with Crippen LogP contribution in [0.25, 0.3) is 0 Å². The van der Waals surface area contributed by atoms with Gasteiger partial charge in [-0.1, -0.05) is 28.1 Å². The van der Waals surface area contributed by atoms with Crippen LogP contribution in [-0.4, -0.2) is 25.0 Å². The first kappa shape index (κ1) is 19.4. The van der Waals surface area contributed by atoms with E-state index in [-0.39, 0.29) is 18.2 Å². The SMILES string of the molecule is CCOc1ccccc1N1C[C@@H](C(=O)Nc2cc(C)c(Br)cc2C)CC1=O. The molecule has 6 heteroatoms. The number of rotatable bonds is 5. The molecule has 1 aliphatic heterocycles. The number of carbonyl (C=O) groups is 2. The van der Waals surface area contributed by atoms with Crippen molar-refractivity contribution in [2.24, 2.45) is 5.92 Å². The van der Waals surface area contributed by atoms with Gasteiger partial charge in [-0.25, -0.2) is 0 Å². The quantitative estimate of drug-likeness (QED) is 0.761. The lowest BCUT2D eigenvalue weighted by Gasteiger charge is -2.20. The molecule has 2 amide bonds. The van der Waals surface area contributed by atoms with E-state index >= 15 is 0 Å². The summed E-state index contributed by atoms with van der Waals surface area (Å²) in [5.41, 5.74) is 3.52. The standard InChI is InChI=1S/C21H23BrN2O3/c1-4-27-19-8-6-5-7-18(19)24-12-15(11-20(24)25)21(26)23-17-10-13(2)16(22)9-14(17)3/h5-10,15H,4,11-12H2,1-3H3,(H,23,26)/t15-/m0/s1. The molecule has 3 rings (SSSR count). The number of para-hydroxylation sites is 2. The van der Waals surface area contributed by atoms with Crippen molar-refractivity contribution in [1.29, 1.82) is 0 Å². The van der Waals surface area contributed by atoms with Crippen molar-refractivity contribution >= 4 is 39.1 Å². The second-order valence-corrected chi connectivity index (χ2v) is 7.57. The van der Waals surface area contributed by atoms with Gasteiger partial charge in [-0.15, -0.1) is 0 Å². The molecule has 1 saturated heterocycles. The lowest BCUT2D eigenvalue weighted by atomic mass is 10.1. The number of aryl methyl sites for hydroxylation is 2. The molecule has 0 spiro atoms. The summed E-state index contributed by atoms with van der Waals surface area (Å²) < 4.78 is 6.64. The number of hydrogen-bond donors (Lipinski definition) is 1. The van der Waals surface area contributed by atoms with E-state index in [4.69, 9.17) is 4.74 Å². The zero-order chi connectivity index (χ0) is 19.6. The first-order valence-corrected chi connectivity index (χ1v) is 9.79. The fourth-order valence-corrected chi connectivity index (χ4v) is 3.68. The minimum absolute atomic E-state index is 0.0639. The van der Waals surface area contributed by atoms with Crippen molar-refractivity contribution in [2.75, 3.05) is 23.4 Å². The summed E-state index contributed by atoms with van der Waals surface area (Å²) in [6.07, 6.45) is 0.195. The molecule has 5 nitrogen and oxygen atoms in total. The van der Waals surface area contributed by atoms with Gasteiger partial charge in [-0.05, 0) is 56.2 Å². The number of nitrogens with one attached hydrogen (secondary N) is 1. The van der Waals surface area contributed by atoms with Crippen LogP contribution in [0.1, 0.15) is 24.5 Å². The summed E-state index contributed by atoms with van der Waals surface area (Å²) in [6.45, 7) is 6.70. The normalized spacial score (nSPS) is 16.5. The molecule has 142 valence electrons. The van der Waals surface area contributed by atoms with Crippen LogP contribution in [0.15, 0.2) is 40.9 Å². The first-order chi connectivity index (χ1) is 12.9. The molecule has 1 aliphatic rings. The minimum atomic E-state index is -0.393. The molecule has 0 aromatic heterocycles. The maximum atomic E-state index is 12.8. The van der Waals surface area contributed by atoms with Crippen molar-refractivity contribution in [1.82, 2.24) is 0 Å². The van der Waals surface area contributed by atoms with Gasteiger partial charge in [0.05, 0.1) is 18.2 Å². The molecule has 1 N–H and O–H groups in total. The van der Waals surface area contributed by atoms with E-state index < -0.39 is 5.92 Å². The van der Waals surface area contributed by atoms with E-state index in [1.807, 2.05) is 57.2 Å². The first-order valence-electron chi connectivity index (χ1n) is 9.00. The second-order valence-electron chi connectivity index (χ2n) is 6.71. The van der Waals surface area contributed by atoms with E-state index in [2.05, 4.69) is 21.2 Å². The molecular weight excluding hydrogens is 408 g/mol. The van der Waals surface area contributed by atoms with Crippen molar-refractivity contribution < 1.29 is 14.3 Å². The van der Waals surface area contributed by atoms with Crippen LogP contribution in [0.5, 0.6) is 5.75 Å². The van der Waals surface area contributed by atoms with Crippen LogP contribution >= 0.6 is 15.9 Å². The number of hydrogen-bond acceptors (Lipinski definition) is 3.